The summed E-state index contributed by atoms with van der Waals surface area (Å²) in [6, 6.07) is 17.9. The van der Waals surface area contributed by atoms with Crippen LogP contribution in [0.5, 0.6) is 5.75 Å². The molecule has 2 heterocycles. The van der Waals surface area contributed by atoms with Gasteiger partial charge in [-0.25, -0.2) is 0 Å². The maximum Gasteiger partial charge on any atom is 0.389 e. The number of rotatable bonds is 6. The van der Waals surface area contributed by atoms with E-state index < -0.39 is 24.9 Å². The zero-order chi connectivity index (χ0) is 22.7. The molecule has 0 aliphatic heterocycles. The summed E-state index contributed by atoms with van der Waals surface area (Å²) in [5, 5.41) is 11.5. The molecule has 0 aliphatic rings. The lowest BCUT2D eigenvalue weighted by Crippen LogP contribution is -2.31. The second-order valence-corrected chi connectivity index (χ2v) is 8.45. The summed E-state index contributed by atoms with van der Waals surface area (Å²) in [7, 11) is 0. The molecule has 0 radical (unpaired) electrons. The molecule has 0 unspecified atom stereocenters. The molecular formula is C24H19F3N2O2S. The Kier molecular flexibility index (Phi) is 6.14. The number of aromatic hydroxyl groups is 1. The number of hydrogen-bond acceptors (Lipinski definition) is 4. The van der Waals surface area contributed by atoms with Crippen LogP contribution in [0.2, 0.25) is 0 Å². The van der Waals surface area contributed by atoms with Crippen molar-refractivity contribution in [2.75, 3.05) is 4.90 Å². The smallest absolute Gasteiger partial charge is 0.389 e. The van der Waals surface area contributed by atoms with Crippen LogP contribution in [0, 0.1) is 0 Å². The van der Waals surface area contributed by atoms with Crippen molar-refractivity contribution in [3.05, 3.63) is 77.9 Å². The molecule has 8 heteroatoms. The Hall–Kier alpha value is -3.39. The Morgan fingerprint density at radius 1 is 1.00 bits per heavy atom. The highest BCUT2D eigenvalue weighted by Crippen LogP contribution is 2.36. The predicted octanol–water partition coefficient (Wildman–Crippen LogP) is 6.54. The molecular weight excluding hydrogens is 437 g/mol. The molecule has 2 aromatic carbocycles. The second-order valence-electron chi connectivity index (χ2n) is 7.28. The fourth-order valence-corrected chi connectivity index (χ4v) is 4.48. The van der Waals surface area contributed by atoms with Crippen LogP contribution in [-0.2, 0) is 11.3 Å². The number of amides is 1. The highest BCUT2D eigenvalue weighted by Gasteiger charge is 2.30. The molecule has 4 nitrogen and oxygen atoms in total. The SMILES string of the molecule is O=C(CCC(F)(F)F)N(Cc1cc2ccccc2s1)c1cc(-c2ccncc2)ccc1O. The third-order valence-electron chi connectivity index (χ3n) is 4.99. The largest absolute Gasteiger partial charge is 0.506 e. The van der Waals surface area contributed by atoms with E-state index in [0.717, 1.165) is 20.5 Å². The average Bonchev–Trinajstić information content (AvgIpc) is 3.19. The van der Waals surface area contributed by atoms with E-state index >= 15 is 0 Å². The number of carbonyl (C=O) groups is 1. The standard InChI is InChI=1S/C24H19F3N2O2S/c25-24(26,27)10-7-23(31)29(15-19-13-18-3-1-2-4-22(18)32-19)20-14-17(5-6-21(20)30)16-8-11-28-12-9-16/h1-6,8-9,11-14,30H,7,10,15H2. The molecule has 1 N–H and O–H groups in total. The van der Waals surface area contributed by atoms with Gasteiger partial charge in [0.25, 0.3) is 0 Å². The lowest BCUT2D eigenvalue weighted by atomic mass is 10.1. The molecule has 0 spiro atoms. The van der Waals surface area contributed by atoms with Gasteiger partial charge in [0.1, 0.15) is 5.75 Å². The van der Waals surface area contributed by atoms with E-state index in [-0.39, 0.29) is 18.0 Å². The van der Waals surface area contributed by atoms with Crippen LogP contribution in [-0.4, -0.2) is 22.2 Å². The highest BCUT2D eigenvalue weighted by atomic mass is 32.1. The minimum Gasteiger partial charge on any atom is -0.506 e. The van der Waals surface area contributed by atoms with Crippen LogP contribution in [0.15, 0.2) is 73.1 Å². The highest BCUT2D eigenvalue weighted by molar-refractivity contribution is 7.19. The number of anilines is 1. The summed E-state index contributed by atoms with van der Waals surface area (Å²) in [4.78, 5) is 18.9. The van der Waals surface area contributed by atoms with Gasteiger partial charge in [-0.1, -0.05) is 24.3 Å². The molecule has 0 saturated carbocycles. The van der Waals surface area contributed by atoms with E-state index in [9.17, 15) is 23.1 Å². The average molecular weight is 456 g/mol. The van der Waals surface area contributed by atoms with Gasteiger partial charge in [0.05, 0.1) is 18.7 Å². The van der Waals surface area contributed by atoms with Gasteiger partial charge in [-0.3, -0.25) is 9.78 Å². The number of hydrogen-bond donors (Lipinski definition) is 1. The van der Waals surface area contributed by atoms with E-state index in [4.69, 9.17) is 0 Å². The monoisotopic (exact) mass is 456 g/mol. The second kappa shape index (κ2) is 9.00. The number of carbonyl (C=O) groups excluding carboxylic acids is 1. The third-order valence-corrected chi connectivity index (χ3v) is 6.09. The molecule has 32 heavy (non-hydrogen) atoms. The molecule has 2 aromatic heterocycles. The van der Waals surface area contributed by atoms with Crippen LogP contribution in [0.1, 0.15) is 17.7 Å². The minimum atomic E-state index is -4.44. The molecule has 4 rings (SSSR count). The van der Waals surface area contributed by atoms with Crippen molar-refractivity contribution in [2.45, 2.75) is 25.6 Å². The Labute approximate surface area is 186 Å². The van der Waals surface area contributed by atoms with Crippen molar-refractivity contribution < 1.29 is 23.1 Å². The van der Waals surface area contributed by atoms with Gasteiger partial charge in [0, 0.05) is 28.4 Å². The van der Waals surface area contributed by atoms with E-state index in [0.29, 0.717) is 5.56 Å². The molecule has 0 atom stereocenters. The first-order valence-corrected chi connectivity index (χ1v) is 10.7. The van der Waals surface area contributed by atoms with Crippen molar-refractivity contribution in [3.63, 3.8) is 0 Å². The van der Waals surface area contributed by atoms with Gasteiger partial charge < -0.3 is 10.0 Å². The van der Waals surface area contributed by atoms with E-state index in [1.807, 2.05) is 30.3 Å². The maximum absolute atomic E-state index is 12.9. The molecule has 0 aliphatic carbocycles. The summed E-state index contributed by atoms with van der Waals surface area (Å²) in [6.07, 6.45) is -3.14. The number of benzene rings is 2. The van der Waals surface area contributed by atoms with Crippen LogP contribution < -0.4 is 4.90 Å². The normalized spacial score (nSPS) is 11.6. The zero-order valence-electron chi connectivity index (χ0n) is 16.8. The van der Waals surface area contributed by atoms with Gasteiger partial charge in [-0.05, 0) is 52.9 Å². The number of aromatic nitrogens is 1. The number of nitrogens with zero attached hydrogens (tertiary/aromatic N) is 2. The Morgan fingerprint density at radius 2 is 1.75 bits per heavy atom. The Balaban J connectivity index is 1.72. The molecule has 0 saturated heterocycles. The lowest BCUT2D eigenvalue weighted by molar-refractivity contribution is -0.143. The molecule has 4 aromatic rings. The summed E-state index contributed by atoms with van der Waals surface area (Å²) >= 11 is 1.46. The van der Waals surface area contributed by atoms with Crippen LogP contribution in [0.3, 0.4) is 0 Å². The van der Waals surface area contributed by atoms with Crippen molar-refractivity contribution >= 4 is 33.0 Å². The number of pyridine rings is 1. The first kappa shape index (κ1) is 21.8. The Morgan fingerprint density at radius 3 is 2.47 bits per heavy atom. The molecule has 0 fully saturated rings. The minimum absolute atomic E-state index is 0.0589. The molecule has 164 valence electrons. The fourth-order valence-electron chi connectivity index (χ4n) is 3.43. The lowest BCUT2D eigenvalue weighted by Gasteiger charge is -2.24. The molecule has 1 amide bonds. The summed E-state index contributed by atoms with van der Waals surface area (Å²) in [5.74, 6) is -0.883. The third kappa shape index (κ3) is 5.08. The van der Waals surface area contributed by atoms with Gasteiger partial charge >= 0.3 is 6.18 Å². The number of alkyl halides is 3. The number of phenolic OH excluding ortho intramolecular Hbond substituents is 1. The van der Waals surface area contributed by atoms with E-state index in [1.165, 1.54) is 22.3 Å². The fraction of sp³-hybridized carbons (Fsp3) is 0.167. The summed E-state index contributed by atoms with van der Waals surface area (Å²) in [6.45, 7) is 0.0589. The van der Waals surface area contributed by atoms with Crippen LogP contribution >= 0.6 is 11.3 Å². The van der Waals surface area contributed by atoms with Gasteiger partial charge in [-0.2, -0.15) is 13.2 Å². The maximum atomic E-state index is 12.9. The number of thiophene rings is 1. The molecule has 0 bridgehead atoms. The van der Waals surface area contributed by atoms with Crippen LogP contribution in [0.4, 0.5) is 18.9 Å². The quantitative estimate of drug-likeness (QED) is 0.358. The number of fused-ring (bicyclic) bond motifs is 1. The number of phenols is 1. The van der Waals surface area contributed by atoms with E-state index in [1.54, 1.807) is 36.7 Å². The van der Waals surface area contributed by atoms with Crippen molar-refractivity contribution in [1.29, 1.82) is 0 Å². The first-order valence-electron chi connectivity index (χ1n) is 9.88. The van der Waals surface area contributed by atoms with Gasteiger partial charge in [0.15, 0.2) is 0 Å². The van der Waals surface area contributed by atoms with E-state index in [2.05, 4.69) is 4.98 Å². The predicted molar refractivity (Wildman–Crippen MR) is 120 cm³/mol. The van der Waals surface area contributed by atoms with Crippen molar-refractivity contribution in [1.82, 2.24) is 4.98 Å². The van der Waals surface area contributed by atoms with Crippen molar-refractivity contribution in [2.24, 2.45) is 0 Å². The van der Waals surface area contributed by atoms with Crippen LogP contribution in [0.25, 0.3) is 21.2 Å². The summed E-state index contributed by atoms with van der Waals surface area (Å²) in [5.41, 5.74) is 1.69. The van der Waals surface area contributed by atoms with Crippen molar-refractivity contribution in [3.8, 4) is 16.9 Å². The van der Waals surface area contributed by atoms with Gasteiger partial charge in [0.2, 0.25) is 5.91 Å². The topological polar surface area (TPSA) is 53.4 Å². The zero-order valence-corrected chi connectivity index (χ0v) is 17.7. The summed E-state index contributed by atoms with van der Waals surface area (Å²) < 4.78 is 39.4. The van der Waals surface area contributed by atoms with Gasteiger partial charge in [-0.15, -0.1) is 11.3 Å². The first-order chi connectivity index (χ1) is 15.3. The Bertz CT molecular complexity index is 1210. The number of halogens is 3.